The molecular formula is C23H19N3O2S2. The van der Waals surface area contributed by atoms with Crippen LogP contribution < -0.4 is 4.90 Å². The fraction of sp³-hybridized carbons (Fsp3) is 0.130. The van der Waals surface area contributed by atoms with Crippen molar-refractivity contribution in [2.75, 3.05) is 18.0 Å². The van der Waals surface area contributed by atoms with E-state index in [9.17, 15) is 9.59 Å². The van der Waals surface area contributed by atoms with Gasteiger partial charge in [-0.25, -0.2) is 0 Å². The number of benzene rings is 2. The number of thiocarbonyl (C=S) groups is 1. The molecule has 0 N–H and O–H groups in total. The van der Waals surface area contributed by atoms with E-state index in [0.717, 1.165) is 5.56 Å². The van der Waals surface area contributed by atoms with Crippen LogP contribution in [-0.4, -0.2) is 34.1 Å². The minimum Gasteiger partial charge on any atom is -0.310 e. The SMILES string of the molecule is N#CCCN(C(=O)CN1C(=O)/C(=C\C=C\c2ccccc2)SC1=S)c1ccccc1. The van der Waals surface area contributed by atoms with Crippen LogP contribution in [0.4, 0.5) is 5.69 Å². The molecule has 150 valence electrons. The van der Waals surface area contributed by atoms with Crippen molar-refractivity contribution in [1.82, 2.24) is 4.90 Å². The second-order valence-electron chi connectivity index (χ2n) is 6.35. The Balaban J connectivity index is 1.70. The molecule has 0 aromatic heterocycles. The molecule has 1 aliphatic rings. The number of hydrogen-bond acceptors (Lipinski definition) is 5. The van der Waals surface area contributed by atoms with Gasteiger partial charge in [0.2, 0.25) is 5.91 Å². The van der Waals surface area contributed by atoms with Gasteiger partial charge in [0, 0.05) is 12.2 Å². The van der Waals surface area contributed by atoms with E-state index in [1.54, 1.807) is 24.3 Å². The molecule has 2 aromatic carbocycles. The van der Waals surface area contributed by atoms with Gasteiger partial charge in [0.15, 0.2) is 0 Å². The topological polar surface area (TPSA) is 64.4 Å². The number of nitriles is 1. The van der Waals surface area contributed by atoms with E-state index >= 15 is 0 Å². The monoisotopic (exact) mass is 433 g/mol. The molecule has 0 bridgehead atoms. The zero-order chi connectivity index (χ0) is 21.3. The highest BCUT2D eigenvalue weighted by atomic mass is 32.2. The fourth-order valence-corrected chi connectivity index (χ4v) is 4.06. The molecule has 0 unspecified atom stereocenters. The van der Waals surface area contributed by atoms with Gasteiger partial charge in [0.25, 0.3) is 5.91 Å². The van der Waals surface area contributed by atoms with E-state index in [-0.39, 0.29) is 31.3 Å². The molecule has 1 heterocycles. The van der Waals surface area contributed by atoms with Crippen LogP contribution in [-0.2, 0) is 9.59 Å². The van der Waals surface area contributed by atoms with Crippen LogP contribution >= 0.6 is 24.0 Å². The summed E-state index contributed by atoms with van der Waals surface area (Å²) in [5.74, 6) is -0.571. The zero-order valence-electron chi connectivity index (χ0n) is 16.1. The summed E-state index contributed by atoms with van der Waals surface area (Å²) in [7, 11) is 0. The first-order valence-electron chi connectivity index (χ1n) is 9.29. The van der Waals surface area contributed by atoms with Gasteiger partial charge in [0.05, 0.1) is 17.4 Å². The quantitative estimate of drug-likeness (QED) is 0.479. The van der Waals surface area contributed by atoms with Crippen molar-refractivity contribution in [2.45, 2.75) is 6.42 Å². The van der Waals surface area contributed by atoms with Crippen molar-refractivity contribution >= 4 is 51.9 Å². The first-order chi connectivity index (χ1) is 14.6. The van der Waals surface area contributed by atoms with Crippen LogP contribution in [0.5, 0.6) is 0 Å². The van der Waals surface area contributed by atoms with Crippen LogP contribution in [0.3, 0.4) is 0 Å². The lowest BCUT2D eigenvalue weighted by Gasteiger charge is -2.24. The average Bonchev–Trinajstić information content (AvgIpc) is 3.03. The van der Waals surface area contributed by atoms with Crippen molar-refractivity contribution < 1.29 is 9.59 Å². The Hall–Kier alpha value is -3.21. The van der Waals surface area contributed by atoms with Gasteiger partial charge in [-0.15, -0.1) is 0 Å². The molecule has 1 aliphatic heterocycles. The van der Waals surface area contributed by atoms with E-state index in [1.807, 2.05) is 54.6 Å². The zero-order valence-corrected chi connectivity index (χ0v) is 17.7. The van der Waals surface area contributed by atoms with E-state index in [0.29, 0.717) is 14.9 Å². The Bertz CT molecular complexity index is 1030. The molecule has 3 rings (SSSR count). The second-order valence-corrected chi connectivity index (χ2v) is 8.02. The molecule has 0 saturated carbocycles. The second kappa shape index (κ2) is 10.5. The number of hydrogen-bond donors (Lipinski definition) is 0. The fourth-order valence-electron chi connectivity index (χ4n) is 2.85. The summed E-state index contributed by atoms with van der Waals surface area (Å²) in [5, 5.41) is 8.92. The van der Waals surface area contributed by atoms with Gasteiger partial charge < -0.3 is 4.90 Å². The molecule has 1 fully saturated rings. The van der Waals surface area contributed by atoms with Gasteiger partial charge in [-0.1, -0.05) is 84.7 Å². The van der Waals surface area contributed by atoms with E-state index < -0.39 is 0 Å². The highest BCUT2D eigenvalue weighted by molar-refractivity contribution is 8.26. The number of carbonyl (C=O) groups is 2. The molecule has 5 nitrogen and oxygen atoms in total. The first kappa shape index (κ1) is 21.5. The summed E-state index contributed by atoms with van der Waals surface area (Å²) in [4.78, 5) is 29.0. The maximum absolute atomic E-state index is 12.9. The number of para-hydroxylation sites is 1. The molecule has 2 aromatic rings. The molecule has 1 saturated heterocycles. The van der Waals surface area contributed by atoms with Gasteiger partial charge in [-0.05, 0) is 23.8 Å². The van der Waals surface area contributed by atoms with E-state index in [2.05, 4.69) is 6.07 Å². The smallest absolute Gasteiger partial charge is 0.266 e. The molecule has 30 heavy (non-hydrogen) atoms. The number of amides is 2. The third kappa shape index (κ3) is 5.44. The average molecular weight is 434 g/mol. The molecule has 7 heteroatoms. The van der Waals surface area contributed by atoms with E-state index in [4.69, 9.17) is 17.5 Å². The van der Waals surface area contributed by atoms with Crippen molar-refractivity contribution in [2.24, 2.45) is 0 Å². The number of nitrogens with zero attached hydrogens (tertiary/aromatic N) is 3. The lowest BCUT2D eigenvalue weighted by atomic mass is 10.2. The number of thioether (sulfide) groups is 1. The van der Waals surface area contributed by atoms with Crippen LogP contribution in [0, 0.1) is 11.3 Å². The molecule has 0 spiro atoms. The predicted molar refractivity (Wildman–Crippen MR) is 124 cm³/mol. The molecule has 2 amide bonds. The highest BCUT2D eigenvalue weighted by Crippen LogP contribution is 2.31. The maximum Gasteiger partial charge on any atom is 0.266 e. The van der Waals surface area contributed by atoms with Crippen molar-refractivity contribution in [3.63, 3.8) is 0 Å². The Morgan fingerprint density at radius 3 is 2.47 bits per heavy atom. The van der Waals surface area contributed by atoms with Crippen molar-refractivity contribution in [3.8, 4) is 6.07 Å². The van der Waals surface area contributed by atoms with Gasteiger partial charge in [-0.3, -0.25) is 14.5 Å². The number of carbonyl (C=O) groups excluding carboxylic acids is 2. The Kier molecular flexibility index (Phi) is 7.55. The normalized spacial score (nSPS) is 15.0. The van der Waals surface area contributed by atoms with Gasteiger partial charge >= 0.3 is 0 Å². The third-order valence-electron chi connectivity index (χ3n) is 4.32. The summed E-state index contributed by atoms with van der Waals surface area (Å²) in [5.41, 5.74) is 1.71. The van der Waals surface area contributed by atoms with Crippen LogP contribution in [0.25, 0.3) is 6.08 Å². The minimum atomic E-state index is -0.288. The van der Waals surface area contributed by atoms with E-state index in [1.165, 1.54) is 21.6 Å². The van der Waals surface area contributed by atoms with Gasteiger partial charge in [-0.2, -0.15) is 5.26 Å². The standard InChI is InChI=1S/C23H19N3O2S2/c24-15-8-16-25(19-12-5-2-6-13-19)21(27)17-26-22(28)20(30-23(26)29)14-7-11-18-9-3-1-4-10-18/h1-7,9-14H,8,16-17H2/b11-7+,20-14+. The Morgan fingerprint density at radius 2 is 1.80 bits per heavy atom. The number of rotatable bonds is 7. The molecule has 0 radical (unpaired) electrons. The maximum atomic E-state index is 12.9. The van der Waals surface area contributed by atoms with Crippen molar-refractivity contribution in [1.29, 1.82) is 5.26 Å². The predicted octanol–water partition coefficient (Wildman–Crippen LogP) is 4.39. The van der Waals surface area contributed by atoms with Crippen LogP contribution in [0.1, 0.15) is 12.0 Å². The Morgan fingerprint density at radius 1 is 1.13 bits per heavy atom. The lowest BCUT2D eigenvalue weighted by Crippen LogP contribution is -2.42. The third-order valence-corrected chi connectivity index (χ3v) is 5.71. The number of allylic oxidation sites excluding steroid dienone is 2. The molecular weight excluding hydrogens is 414 g/mol. The Labute approximate surface area is 185 Å². The van der Waals surface area contributed by atoms with Crippen LogP contribution in [0.15, 0.2) is 77.7 Å². The molecule has 0 atom stereocenters. The largest absolute Gasteiger partial charge is 0.310 e. The number of anilines is 1. The van der Waals surface area contributed by atoms with Gasteiger partial charge in [0.1, 0.15) is 10.9 Å². The summed E-state index contributed by atoms with van der Waals surface area (Å²) in [6.07, 6.45) is 5.61. The van der Waals surface area contributed by atoms with Crippen LogP contribution in [0.2, 0.25) is 0 Å². The summed E-state index contributed by atoms with van der Waals surface area (Å²) < 4.78 is 0.348. The van der Waals surface area contributed by atoms with Crippen molar-refractivity contribution in [3.05, 3.63) is 83.3 Å². The lowest BCUT2D eigenvalue weighted by molar-refractivity contribution is -0.127. The highest BCUT2D eigenvalue weighted by Gasteiger charge is 2.34. The summed E-state index contributed by atoms with van der Waals surface area (Å²) in [6, 6.07) is 20.9. The first-order valence-corrected chi connectivity index (χ1v) is 10.5. The summed E-state index contributed by atoms with van der Waals surface area (Å²) >= 11 is 6.51. The minimum absolute atomic E-state index is 0.162. The summed E-state index contributed by atoms with van der Waals surface area (Å²) in [6.45, 7) is 0.0918. The molecule has 0 aliphatic carbocycles.